The Balaban J connectivity index is 1.29. The van der Waals surface area contributed by atoms with Crippen molar-refractivity contribution in [1.82, 2.24) is 4.90 Å². The van der Waals surface area contributed by atoms with Gasteiger partial charge in [0.05, 0.1) is 6.61 Å². The van der Waals surface area contributed by atoms with Gasteiger partial charge in [-0.1, -0.05) is 36.8 Å². The van der Waals surface area contributed by atoms with E-state index in [0.29, 0.717) is 12.2 Å². The highest BCUT2D eigenvalue weighted by Crippen LogP contribution is 2.22. The Morgan fingerprint density at radius 2 is 1.93 bits per heavy atom. The monoisotopic (exact) mass is 419 g/mol. The third-order valence-corrected chi connectivity index (χ3v) is 6.68. The number of hydrogen-bond donors (Lipinski definition) is 0. The lowest BCUT2D eigenvalue weighted by atomic mass is 10.1. The number of rotatable bonds is 8. The maximum atomic E-state index is 11.5. The fourth-order valence-corrected chi connectivity index (χ4v) is 4.79. The lowest BCUT2D eigenvalue weighted by Crippen LogP contribution is -2.32. The summed E-state index contributed by atoms with van der Waals surface area (Å²) in [6, 6.07) is 7.21. The minimum Gasteiger partial charge on any atom is -0.493 e. The van der Waals surface area contributed by atoms with Crippen LogP contribution in [0.15, 0.2) is 33.5 Å². The first kappa shape index (κ1) is 21.2. The molecule has 1 aliphatic heterocycles. The summed E-state index contributed by atoms with van der Waals surface area (Å²) in [5, 5.41) is 0.951. The van der Waals surface area contributed by atoms with E-state index in [1.54, 1.807) is 0 Å². The van der Waals surface area contributed by atoms with E-state index in [0.717, 1.165) is 52.7 Å². The molecular formula is C22H29NO3S2. The predicted octanol–water partition coefficient (Wildman–Crippen LogP) is 5.54. The Bertz CT molecular complexity index is 843. The van der Waals surface area contributed by atoms with Gasteiger partial charge >= 0.3 is 5.63 Å². The number of nitrogens with zero attached hydrogens (tertiary/aromatic N) is 1. The van der Waals surface area contributed by atoms with E-state index < -0.39 is 0 Å². The molecule has 0 unspecified atom stereocenters. The number of likely N-dealkylation sites (tertiary alicyclic amines) is 1. The zero-order chi connectivity index (χ0) is 19.8. The van der Waals surface area contributed by atoms with Gasteiger partial charge in [-0.2, -0.15) is 0 Å². The number of ether oxygens (including phenoxy) is 1. The number of thioether (sulfide) groups is 1. The van der Waals surface area contributed by atoms with Gasteiger partial charge in [0.25, 0.3) is 0 Å². The summed E-state index contributed by atoms with van der Waals surface area (Å²) in [6.45, 7) is 4.88. The van der Waals surface area contributed by atoms with Crippen LogP contribution in [-0.2, 0) is 0 Å². The smallest absolute Gasteiger partial charge is 0.336 e. The Kier molecular flexibility index (Phi) is 8.22. The van der Waals surface area contributed by atoms with Crippen LogP contribution in [0.5, 0.6) is 5.75 Å². The molecule has 1 saturated heterocycles. The Labute approximate surface area is 176 Å². The van der Waals surface area contributed by atoms with Gasteiger partial charge in [0.15, 0.2) is 0 Å². The van der Waals surface area contributed by atoms with Crippen molar-refractivity contribution >= 4 is 39.3 Å². The molecule has 0 radical (unpaired) electrons. The van der Waals surface area contributed by atoms with Crippen LogP contribution in [0.2, 0.25) is 0 Å². The van der Waals surface area contributed by atoms with Gasteiger partial charge < -0.3 is 14.1 Å². The number of unbranched alkanes of at least 4 members (excludes halogenated alkanes) is 3. The third kappa shape index (κ3) is 6.24. The van der Waals surface area contributed by atoms with Crippen LogP contribution in [-0.4, -0.2) is 34.7 Å². The van der Waals surface area contributed by atoms with Crippen molar-refractivity contribution < 1.29 is 9.15 Å². The van der Waals surface area contributed by atoms with Gasteiger partial charge in [-0.3, -0.25) is 0 Å². The summed E-state index contributed by atoms with van der Waals surface area (Å²) < 4.78 is 12.2. The highest BCUT2D eigenvalue weighted by atomic mass is 32.2. The molecule has 0 aliphatic carbocycles. The van der Waals surface area contributed by atoms with E-state index >= 15 is 0 Å². The first-order chi connectivity index (χ1) is 13.6. The number of thiocarbonyl (C=S) groups is 1. The number of fused-ring (bicyclic) bond motifs is 1. The van der Waals surface area contributed by atoms with E-state index in [4.69, 9.17) is 21.4 Å². The van der Waals surface area contributed by atoms with Gasteiger partial charge in [0, 0.05) is 36.4 Å². The number of benzene rings is 1. The normalized spacial score (nSPS) is 14.4. The maximum absolute atomic E-state index is 11.5. The second kappa shape index (κ2) is 10.9. The highest BCUT2D eigenvalue weighted by molar-refractivity contribution is 8.22. The molecule has 0 atom stereocenters. The standard InChI is InChI=1S/C22H29NO3S2/c1-17-15-21(24)26-20-16-18(9-10-19(17)20)25-13-7-2-3-8-14-28-22(27)23-11-5-4-6-12-23/h9-10,15-16H,2-8,11-14H2,1H3. The van der Waals surface area contributed by atoms with Gasteiger partial charge in [0.2, 0.25) is 0 Å². The van der Waals surface area contributed by atoms with Crippen LogP contribution in [0, 0.1) is 6.92 Å². The lowest BCUT2D eigenvalue weighted by molar-refractivity contribution is 0.305. The summed E-state index contributed by atoms with van der Waals surface area (Å²) in [7, 11) is 0. The molecule has 0 amide bonds. The van der Waals surface area contributed by atoms with Crippen LogP contribution >= 0.6 is 24.0 Å². The second-order valence-electron chi connectivity index (χ2n) is 7.33. The molecule has 1 aromatic heterocycles. The molecule has 1 aliphatic rings. The van der Waals surface area contributed by atoms with Crippen molar-refractivity contribution in [3.63, 3.8) is 0 Å². The quantitative estimate of drug-likeness (QED) is 0.318. The molecule has 0 bridgehead atoms. The molecule has 2 aromatic rings. The topological polar surface area (TPSA) is 42.7 Å². The third-order valence-electron chi connectivity index (χ3n) is 5.07. The molecular weight excluding hydrogens is 390 g/mol. The van der Waals surface area contributed by atoms with E-state index in [9.17, 15) is 4.79 Å². The Morgan fingerprint density at radius 1 is 1.14 bits per heavy atom. The van der Waals surface area contributed by atoms with Crippen molar-refractivity contribution in [2.45, 2.75) is 51.9 Å². The molecule has 6 heteroatoms. The van der Waals surface area contributed by atoms with Gasteiger partial charge in [-0.15, -0.1) is 0 Å². The highest BCUT2D eigenvalue weighted by Gasteiger charge is 2.13. The molecule has 0 N–H and O–H groups in total. The maximum Gasteiger partial charge on any atom is 0.336 e. The van der Waals surface area contributed by atoms with Crippen molar-refractivity contribution in [2.24, 2.45) is 0 Å². The first-order valence-corrected chi connectivity index (χ1v) is 11.6. The average Bonchev–Trinajstić information content (AvgIpc) is 2.70. The Morgan fingerprint density at radius 3 is 2.75 bits per heavy atom. The van der Waals surface area contributed by atoms with Crippen molar-refractivity contribution in [3.8, 4) is 5.75 Å². The SMILES string of the molecule is Cc1cc(=O)oc2cc(OCCCCCCSC(=S)N3CCCCC3)ccc12. The van der Waals surface area contributed by atoms with E-state index in [1.807, 2.05) is 36.9 Å². The molecule has 0 saturated carbocycles. The van der Waals surface area contributed by atoms with E-state index in [2.05, 4.69) is 4.90 Å². The number of piperidine rings is 1. The van der Waals surface area contributed by atoms with E-state index in [-0.39, 0.29) is 5.63 Å². The predicted molar refractivity (Wildman–Crippen MR) is 122 cm³/mol. The fraction of sp³-hybridized carbons (Fsp3) is 0.545. The van der Waals surface area contributed by atoms with Crippen molar-refractivity contribution in [1.29, 1.82) is 0 Å². The van der Waals surface area contributed by atoms with Crippen LogP contribution in [0.25, 0.3) is 11.0 Å². The zero-order valence-corrected chi connectivity index (χ0v) is 18.2. The summed E-state index contributed by atoms with van der Waals surface area (Å²) >= 11 is 7.38. The van der Waals surface area contributed by atoms with Crippen molar-refractivity contribution in [2.75, 3.05) is 25.4 Å². The number of hydrogen-bond acceptors (Lipinski definition) is 5. The molecule has 1 aromatic carbocycles. The summed E-state index contributed by atoms with van der Waals surface area (Å²) in [4.78, 5) is 13.9. The Hall–Kier alpha value is -1.53. The molecule has 1 fully saturated rings. The molecule has 3 rings (SSSR count). The molecule has 2 heterocycles. The fourth-order valence-electron chi connectivity index (χ4n) is 3.47. The molecule has 28 heavy (non-hydrogen) atoms. The van der Waals surface area contributed by atoms with Gasteiger partial charge in [0.1, 0.15) is 15.7 Å². The summed E-state index contributed by atoms with van der Waals surface area (Å²) in [5.74, 6) is 1.86. The molecule has 4 nitrogen and oxygen atoms in total. The van der Waals surface area contributed by atoms with E-state index in [1.165, 1.54) is 38.2 Å². The van der Waals surface area contributed by atoms with Crippen LogP contribution in [0.4, 0.5) is 0 Å². The van der Waals surface area contributed by atoms with Crippen molar-refractivity contribution in [3.05, 3.63) is 40.2 Å². The zero-order valence-electron chi connectivity index (χ0n) is 16.6. The van der Waals surface area contributed by atoms with Gasteiger partial charge in [-0.25, -0.2) is 4.79 Å². The van der Waals surface area contributed by atoms with Crippen LogP contribution in [0.1, 0.15) is 50.5 Å². The molecule has 0 spiro atoms. The minimum atomic E-state index is -0.320. The average molecular weight is 420 g/mol. The van der Waals surface area contributed by atoms with Crippen LogP contribution in [0.3, 0.4) is 0 Å². The van der Waals surface area contributed by atoms with Gasteiger partial charge in [-0.05, 0) is 56.7 Å². The largest absolute Gasteiger partial charge is 0.493 e. The first-order valence-electron chi connectivity index (χ1n) is 10.2. The van der Waals surface area contributed by atoms with Crippen LogP contribution < -0.4 is 10.4 Å². The summed E-state index contributed by atoms with van der Waals surface area (Å²) in [6.07, 6.45) is 8.48. The minimum absolute atomic E-state index is 0.320. The number of aryl methyl sites for hydroxylation is 1. The summed E-state index contributed by atoms with van der Waals surface area (Å²) in [5.41, 5.74) is 1.19. The lowest BCUT2D eigenvalue weighted by Gasteiger charge is -2.28. The molecule has 152 valence electrons. The second-order valence-corrected chi connectivity index (χ2v) is 9.06.